The van der Waals surface area contributed by atoms with Gasteiger partial charge in [-0.2, -0.15) is 5.10 Å². The number of fused-ring (bicyclic) bond motifs is 2. The topological polar surface area (TPSA) is 176 Å². The summed E-state index contributed by atoms with van der Waals surface area (Å²) in [6.07, 6.45) is 6.33. The van der Waals surface area contributed by atoms with Gasteiger partial charge in [-0.3, -0.25) is 23.4 Å². The zero-order valence-corrected chi connectivity index (χ0v) is 38.5. The van der Waals surface area contributed by atoms with Crippen molar-refractivity contribution in [1.29, 1.82) is 0 Å². The van der Waals surface area contributed by atoms with Gasteiger partial charge in [0.1, 0.15) is 35.1 Å². The van der Waals surface area contributed by atoms with Gasteiger partial charge < -0.3 is 28.8 Å². The minimum absolute atomic E-state index is 0.0172. The zero-order valence-electron chi connectivity index (χ0n) is 37.6. The van der Waals surface area contributed by atoms with Crippen molar-refractivity contribution in [2.45, 2.75) is 83.6 Å². The van der Waals surface area contributed by atoms with Crippen LogP contribution in [0, 0.1) is 25.6 Å². The second-order valence-electron chi connectivity index (χ2n) is 18.4. The van der Waals surface area contributed by atoms with Gasteiger partial charge in [0, 0.05) is 73.1 Å². The fourth-order valence-corrected chi connectivity index (χ4v) is 12.9. The summed E-state index contributed by atoms with van der Waals surface area (Å²) < 4.78 is 51.9. The number of nitrogens with one attached hydrogen (secondary N) is 2. The van der Waals surface area contributed by atoms with E-state index in [1.807, 2.05) is 28.5 Å². The zero-order chi connectivity index (χ0) is 46.0. The van der Waals surface area contributed by atoms with Crippen LogP contribution in [0.3, 0.4) is 0 Å². The number of anilines is 1. The summed E-state index contributed by atoms with van der Waals surface area (Å²) in [7, 11) is -1.02. The first-order chi connectivity index (χ1) is 31.7. The Bertz CT molecular complexity index is 3280. The van der Waals surface area contributed by atoms with Crippen molar-refractivity contribution in [2.75, 3.05) is 38.5 Å². The van der Waals surface area contributed by atoms with E-state index in [-0.39, 0.29) is 24.0 Å². The van der Waals surface area contributed by atoms with Gasteiger partial charge in [0.2, 0.25) is 0 Å². The number of benzene rings is 3. The van der Waals surface area contributed by atoms with Crippen LogP contribution in [0.1, 0.15) is 96.3 Å². The van der Waals surface area contributed by atoms with Crippen LogP contribution in [0.25, 0.3) is 28.1 Å². The standard InChI is InChI=1S/C48H51FN9O7P/c1-26-19-35(20-27(2)42(26)49)58-43(56-16-15-55(47(56)61)34-8-10-40(37(23-34)50-6)66(62)25-64-30(66)5)41-29(4)54(14-11-36(41)52-58)44(59)39-22-33-21-32(31-12-17-63-18-13-31)7-9-38(33)57(39)48(24-28(48)3)45-51-46(60)65-53-45/h7-10,15-16,19-23,28-31,50H,11-14,17-18,24-25H2,1-6H3,(H,51,53,60)/t28-,29-,30-,48-,66-/m0/s1. The Morgan fingerprint density at radius 2 is 1.71 bits per heavy atom. The first-order valence-corrected chi connectivity index (χ1v) is 24.5. The fraction of sp³-hybridized carbons (Fsp3) is 0.396. The van der Waals surface area contributed by atoms with Crippen molar-refractivity contribution in [1.82, 2.24) is 38.5 Å². The van der Waals surface area contributed by atoms with E-state index in [1.54, 1.807) is 69.2 Å². The number of carbonyl (C=O) groups excluding carboxylic acids is 1. The SMILES string of the molecule is CNc1cc(-n2ccn(-c3c4c(nn3-c3cc(C)c(F)c(C)c3)CCN(C(=O)c3cc5cc(C6CCOCC6)ccc5n3[C@@]3(c5noc(=O)[nH]5)C[C@@H]3C)[C@H]4C)c2=O)ccc1[P@]1(=O)CO[C@@H]1C. The molecule has 18 heteroatoms. The lowest BCUT2D eigenvalue weighted by Gasteiger charge is -2.35. The molecule has 0 radical (unpaired) electrons. The molecular formula is C48H51FN9O7P. The normalized spacial score (nSPS) is 24.1. The molecule has 66 heavy (non-hydrogen) atoms. The number of aromatic nitrogens is 7. The smallest absolute Gasteiger partial charge is 0.387 e. The molecule has 342 valence electrons. The summed E-state index contributed by atoms with van der Waals surface area (Å²) in [5.74, 6) is -0.483. The number of hydrogen-bond acceptors (Lipinski definition) is 10. The van der Waals surface area contributed by atoms with Crippen molar-refractivity contribution < 1.29 is 27.7 Å². The largest absolute Gasteiger partial charge is 0.438 e. The van der Waals surface area contributed by atoms with Crippen LogP contribution in [-0.4, -0.2) is 83.4 Å². The molecule has 11 rings (SSSR count). The number of aryl methyl sites for hydroxylation is 2. The highest BCUT2D eigenvalue weighted by Gasteiger charge is 2.59. The van der Waals surface area contributed by atoms with Crippen LogP contribution in [0.15, 0.2) is 81.1 Å². The summed E-state index contributed by atoms with van der Waals surface area (Å²) in [5.41, 5.74) is 5.22. The Morgan fingerprint density at radius 1 is 0.970 bits per heavy atom. The molecule has 2 saturated heterocycles. The average molecular weight is 916 g/mol. The van der Waals surface area contributed by atoms with Crippen LogP contribution in [0.5, 0.6) is 0 Å². The lowest BCUT2D eigenvalue weighted by molar-refractivity contribution is 0.0663. The summed E-state index contributed by atoms with van der Waals surface area (Å²) in [6.45, 7) is 10.9. The van der Waals surface area contributed by atoms with E-state index < -0.39 is 36.0 Å². The van der Waals surface area contributed by atoms with Gasteiger partial charge in [0.05, 0.1) is 23.1 Å². The van der Waals surface area contributed by atoms with Crippen LogP contribution < -0.4 is 22.1 Å². The Morgan fingerprint density at radius 3 is 2.36 bits per heavy atom. The quantitative estimate of drug-likeness (QED) is 0.144. The number of nitrogens with zero attached hydrogens (tertiary/aromatic N) is 7. The highest BCUT2D eigenvalue weighted by molar-refractivity contribution is 7.73. The van der Waals surface area contributed by atoms with Gasteiger partial charge >= 0.3 is 11.4 Å². The Kier molecular flexibility index (Phi) is 9.88. The number of imidazole rings is 1. The monoisotopic (exact) mass is 915 g/mol. The first-order valence-electron chi connectivity index (χ1n) is 22.6. The van der Waals surface area contributed by atoms with E-state index in [9.17, 15) is 14.2 Å². The van der Waals surface area contributed by atoms with Gasteiger partial charge in [-0.1, -0.05) is 18.1 Å². The number of aromatic amines is 1. The summed E-state index contributed by atoms with van der Waals surface area (Å²) in [4.78, 5) is 47.4. The van der Waals surface area contributed by atoms with E-state index >= 15 is 9.18 Å². The van der Waals surface area contributed by atoms with E-state index in [0.717, 1.165) is 23.7 Å². The second-order valence-corrected chi connectivity index (χ2v) is 21.5. The maximum Gasteiger partial charge on any atom is 0.438 e. The molecule has 7 aromatic rings. The third kappa shape index (κ3) is 6.29. The Hall–Kier alpha value is -6.29. The van der Waals surface area contributed by atoms with Gasteiger partial charge in [0.15, 0.2) is 13.0 Å². The molecule has 1 saturated carbocycles. The van der Waals surface area contributed by atoms with Crippen molar-refractivity contribution >= 4 is 34.9 Å². The minimum atomic E-state index is -2.78. The number of hydrogen-bond donors (Lipinski definition) is 2. The number of carbonyl (C=O) groups is 1. The molecule has 7 heterocycles. The molecule has 5 atom stereocenters. The molecule has 0 unspecified atom stereocenters. The van der Waals surface area contributed by atoms with Crippen LogP contribution in [0.2, 0.25) is 0 Å². The predicted molar refractivity (Wildman–Crippen MR) is 246 cm³/mol. The molecular weight excluding hydrogens is 865 g/mol. The number of amides is 1. The van der Waals surface area contributed by atoms with Gasteiger partial charge in [-0.05, 0) is 124 Å². The fourth-order valence-electron chi connectivity index (χ4n) is 10.8. The maximum atomic E-state index is 15.5. The van der Waals surface area contributed by atoms with E-state index in [4.69, 9.17) is 19.1 Å². The molecule has 3 aromatic carbocycles. The second kappa shape index (κ2) is 15.4. The maximum absolute atomic E-state index is 15.5. The van der Waals surface area contributed by atoms with Crippen LogP contribution >= 0.6 is 7.14 Å². The summed E-state index contributed by atoms with van der Waals surface area (Å²) >= 11 is 0. The Labute approximate surface area is 378 Å². The Balaban J connectivity index is 1.04. The van der Waals surface area contributed by atoms with E-state index in [1.165, 1.54) is 14.7 Å². The van der Waals surface area contributed by atoms with E-state index in [2.05, 4.69) is 40.6 Å². The molecule has 4 aliphatic rings. The van der Waals surface area contributed by atoms with Crippen molar-refractivity contribution in [3.63, 3.8) is 0 Å². The van der Waals surface area contributed by atoms with Crippen molar-refractivity contribution in [3.8, 4) is 17.2 Å². The minimum Gasteiger partial charge on any atom is -0.387 e. The summed E-state index contributed by atoms with van der Waals surface area (Å²) in [5, 5.41) is 14.0. The third-order valence-electron chi connectivity index (χ3n) is 14.7. The van der Waals surface area contributed by atoms with Gasteiger partial charge in [-0.15, -0.1) is 0 Å². The van der Waals surface area contributed by atoms with Gasteiger partial charge in [0.25, 0.3) is 5.91 Å². The van der Waals surface area contributed by atoms with E-state index in [0.29, 0.717) is 101 Å². The van der Waals surface area contributed by atoms with Gasteiger partial charge in [-0.25, -0.2) is 18.7 Å². The van der Waals surface area contributed by atoms with Crippen molar-refractivity contribution in [3.05, 3.63) is 133 Å². The third-order valence-corrected chi connectivity index (χ3v) is 17.7. The molecule has 2 N–H and O–H groups in total. The lowest BCUT2D eigenvalue weighted by Crippen LogP contribution is -2.41. The molecule has 16 nitrogen and oxygen atoms in total. The molecule has 1 aliphatic carbocycles. The molecule has 4 aromatic heterocycles. The highest BCUT2D eigenvalue weighted by Crippen LogP contribution is 2.59. The summed E-state index contributed by atoms with van der Waals surface area (Å²) in [6, 6.07) is 16.5. The van der Waals surface area contributed by atoms with Crippen LogP contribution in [-0.2, 0) is 26.0 Å². The molecule has 3 aliphatic heterocycles. The number of halogens is 1. The number of ether oxygens (including phenoxy) is 2. The van der Waals surface area contributed by atoms with Crippen LogP contribution in [0.4, 0.5) is 10.1 Å². The van der Waals surface area contributed by atoms with Crippen molar-refractivity contribution in [2.24, 2.45) is 5.92 Å². The molecule has 1 amide bonds. The highest BCUT2D eigenvalue weighted by atomic mass is 31.2. The first kappa shape index (κ1) is 42.4. The molecule has 3 fully saturated rings. The lowest BCUT2D eigenvalue weighted by atomic mass is 9.91. The molecule has 0 spiro atoms. The average Bonchev–Trinajstić information content (AvgIpc) is 3.82. The number of H-pyrrole nitrogens is 1. The molecule has 0 bridgehead atoms. The number of rotatable bonds is 9. The predicted octanol–water partition coefficient (Wildman–Crippen LogP) is 7.00.